The lowest BCUT2D eigenvalue weighted by Crippen LogP contribution is -2.14. The lowest BCUT2D eigenvalue weighted by Gasteiger charge is -2.04. The van der Waals surface area contributed by atoms with E-state index in [9.17, 15) is 4.79 Å². The van der Waals surface area contributed by atoms with Crippen molar-refractivity contribution < 1.29 is 4.79 Å². The molecule has 6 nitrogen and oxygen atoms in total. The Kier molecular flexibility index (Phi) is 2.45. The summed E-state index contributed by atoms with van der Waals surface area (Å²) in [6.45, 7) is 0. The highest BCUT2D eigenvalue weighted by Gasteiger charge is 2.13. The maximum Gasteiger partial charge on any atom is 0.276 e. The smallest absolute Gasteiger partial charge is 0.276 e. The van der Waals surface area contributed by atoms with Crippen LogP contribution in [0.4, 0.5) is 5.69 Å². The van der Waals surface area contributed by atoms with E-state index in [0.29, 0.717) is 16.9 Å². The molecule has 2 aromatic heterocycles. The summed E-state index contributed by atoms with van der Waals surface area (Å²) in [4.78, 5) is 26.9. The third kappa shape index (κ3) is 1.80. The van der Waals surface area contributed by atoms with Crippen LogP contribution < -0.4 is 5.32 Å². The van der Waals surface area contributed by atoms with Gasteiger partial charge in [-0.2, -0.15) is 0 Å². The van der Waals surface area contributed by atoms with Gasteiger partial charge in [-0.25, -0.2) is 15.0 Å². The average Bonchev–Trinajstić information content (AvgIpc) is 2.87. The maximum atomic E-state index is 12.1. The number of hydrogen-bond donors (Lipinski definition) is 2. The van der Waals surface area contributed by atoms with Crippen LogP contribution in [0.1, 0.15) is 10.5 Å². The maximum absolute atomic E-state index is 12.1. The molecule has 2 heterocycles. The second-order valence-corrected chi connectivity index (χ2v) is 3.64. The Hall–Kier alpha value is -2.76. The van der Waals surface area contributed by atoms with Crippen LogP contribution >= 0.6 is 0 Å². The van der Waals surface area contributed by atoms with Gasteiger partial charge in [0.15, 0.2) is 11.3 Å². The normalized spacial score (nSPS) is 10.4. The van der Waals surface area contributed by atoms with Gasteiger partial charge < -0.3 is 10.3 Å². The van der Waals surface area contributed by atoms with Crippen molar-refractivity contribution in [2.75, 3.05) is 5.32 Å². The zero-order chi connectivity index (χ0) is 12.4. The van der Waals surface area contributed by atoms with Gasteiger partial charge in [-0.15, -0.1) is 0 Å². The summed E-state index contributed by atoms with van der Waals surface area (Å²) in [5, 5.41) is 2.76. The molecule has 0 atom stereocenters. The summed E-state index contributed by atoms with van der Waals surface area (Å²) in [7, 11) is 0. The van der Waals surface area contributed by atoms with Gasteiger partial charge in [0.25, 0.3) is 5.91 Å². The molecule has 0 radical (unpaired) electrons. The number of imidazole rings is 1. The summed E-state index contributed by atoms with van der Waals surface area (Å²) in [5.74, 6) is -0.294. The monoisotopic (exact) mass is 239 g/mol. The van der Waals surface area contributed by atoms with Crippen LogP contribution in [-0.2, 0) is 0 Å². The van der Waals surface area contributed by atoms with Crippen LogP contribution in [0, 0.1) is 0 Å². The Balaban J connectivity index is 1.95. The first-order chi connectivity index (χ1) is 8.84. The van der Waals surface area contributed by atoms with Gasteiger partial charge in [-0.3, -0.25) is 4.79 Å². The van der Waals surface area contributed by atoms with E-state index in [1.54, 1.807) is 0 Å². The largest absolute Gasteiger partial charge is 0.341 e. The summed E-state index contributed by atoms with van der Waals surface area (Å²) >= 11 is 0. The number of anilines is 1. The lowest BCUT2D eigenvalue weighted by atomic mass is 10.3. The quantitative estimate of drug-likeness (QED) is 0.711. The van der Waals surface area contributed by atoms with E-state index in [1.807, 2.05) is 30.3 Å². The number of rotatable bonds is 2. The molecule has 88 valence electrons. The van der Waals surface area contributed by atoms with Gasteiger partial charge in [0.05, 0.1) is 6.33 Å². The fourth-order valence-corrected chi connectivity index (χ4v) is 1.65. The summed E-state index contributed by atoms with van der Waals surface area (Å²) in [6, 6.07) is 9.20. The Morgan fingerprint density at radius 2 is 1.94 bits per heavy atom. The minimum atomic E-state index is -0.294. The molecule has 0 spiro atoms. The minimum Gasteiger partial charge on any atom is -0.341 e. The number of hydrogen-bond acceptors (Lipinski definition) is 4. The Morgan fingerprint density at radius 3 is 2.78 bits per heavy atom. The molecule has 2 N–H and O–H groups in total. The second-order valence-electron chi connectivity index (χ2n) is 3.64. The zero-order valence-electron chi connectivity index (χ0n) is 9.29. The molecule has 0 saturated heterocycles. The van der Waals surface area contributed by atoms with E-state index in [0.717, 1.165) is 0 Å². The predicted octanol–water partition coefficient (Wildman–Crippen LogP) is 1.61. The fraction of sp³-hybridized carbons (Fsp3) is 0. The summed E-state index contributed by atoms with van der Waals surface area (Å²) < 4.78 is 0. The minimum absolute atomic E-state index is 0.279. The zero-order valence-corrected chi connectivity index (χ0v) is 9.29. The summed E-state index contributed by atoms with van der Waals surface area (Å²) in [5.41, 5.74) is 2.00. The number of H-pyrrole nitrogens is 1. The van der Waals surface area contributed by atoms with Crippen LogP contribution in [-0.4, -0.2) is 25.8 Å². The molecule has 0 fully saturated rings. The lowest BCUT2D eigenvalue weighted by molar-refractivity contribution is 0.102. The van der Waals surface area contributed by atoms with E-state index in [2.05, 4.69) is 25.3 Å². The van der Waals surface area contributed by atoms with Gasteiger partial charge in [0.1, 0.15) is 11.8 Å². The molecule has 1 amide bonds. The van der Waals surface area contributed by atoms with Gasteiger partial charge in [-0.05, 0) is 12.1 Å². The fourth-order valence-electron chi connectivity index (χ4n) is 1.65. The third-order valence-electron chi connectivity index (χ3n) is 2.47. The first kappa shape index (κ1) is 10.4. The van der Waals surface area contributed by atoms with Crippen LogP contribution in [0.15, 0.2) is 43.0 Å². The third-order valence-corrected chi connectivity index (χ3v) is 2.47. The number of carbonyl (C=O) groups excluding carboxylic acids is 1. The molecular weight excluding hydrogens is 230 g/mol. The van der Waals surface area contributed by atoms with Crippen LogP contribution in [0.3, 0.4) is 0 Å². The van der Waals surface area contributed by atoms with Gasteiger partial charge >= 0.3 is 0 Å². The van der Waals surface area contributed by atoms with E-state index in [4.69, 9.17) is 0 Å². The second kappa shape index (κ2) is 4.25. The number of nitrogens with zero attached hydrogens (tertiary/aromatic N) is 3. The van der Waals surface area contributed by atoms with Crippen LogP contribution in [0.5, 0.6) is 0 Å². The van der Waals surface area contributed by atoms with E-state index < -0.39 is 0 Å². The van der Waals surface area contributed by atoms with Gasteiger partial charge in [0, 0.05) is 5.69 Å². The van der Waals surface area contributed by atoms with Crippen molar-refractivity contribution in [1.29, 1.82) is 0 Å². The number of carbonyl (C=O) groups is 1. The van der Waals surface area contributed by atoms with Crippen molar-refractivity contribution in [1.82, 2.24) is 19.9 Å². The molecule has 0 unspecified atom stereocenters. The average molecular weight is 239 g/mol. The van der Waals surface area contributed by atoms with Gasteiger partial charge in [0.2, 0.25) is 0 Å². The first-order valence-electron chi connectivity index (χ1n) is 5.35. The molecule has 3 aromatic rings. The van der Waals surface area contributed by atoms with Crippen LogP contribution in [0.25, 0.3) is 11.2 Å². The molecule has 3 rings (SSSR count). The highest BCUT2D eigenvalue weighted by molar-refractivity contribution is 6.09. The highest BCUT2D eigenvalue weighted by atomic mass is 16.1. The number of para-hydroxylation sites is 1. The number of benzene rings is 1. The highest BCUT2D eigenvalue weighted by Crippen LogP contribution is 2.12. The topological polar surface area (TPSA) is 83.6 Å². The molecule has 1 aromatic carbocycles. The van der Waals surface area contributed by atoms with Crippen LogP contribution in [0.2, 0.25) is 0 Å². The molecular formula is C12H9N5O. The first-order valence-corrected chi connectivity index (χ1v) is 5.35. The number of fused-ring (bicyclic) bond motifs is 1. The van der Waals surface area contributed by atoms with Crippen molar-refractivity contribution in [3.05, 3.63) is 48.7 Å². The molecule has 0 aliphatic rings. The number of amides is 1. The molecule has 18 heavy (non-hydrogen) atoms. The Bertz CT molecular complexity index is 692. The van der Waals surface area contributed by atoms with Crippen molar-refractivity contribution in [3.63, 3.8) is 0 Å². The van der Waals surface area contributed by atoms with E-state index >= 15 is 0 Å². The number of nitrogens with one attached hydrogen (secondary N) is 2. The van der Waals surface area contributed by atoms with E-state index in [-0.39, 0.29) is 11.6 Å². The van der Waals surface area contributed by atoms with Gasteiger partial charge in [-0.1, -0.05) is 18.2 Å². The molecule has 0 aliphatic carbocycles. The molecule has 0 bridgehead atoms. The Labute approximate surface area is 102 Å². The van der Waals surface area contributed by atoms with Crippen molar-refractivity contribution >= 4 is 22.8 Å². The van der Waals surface area contributed by atoms with Crippen molar-refractivity contribution in [2.24, 2.45) is 0 Å². The number of aromatic nitrogens is 4. The molecule has 0 aliphatic heterocycles. The van der Waals surface area contributed by atoms with Crippen molar-refractivity contribution in [3.8, 4) is 0 Å². The number of aromatic amines is 1. The standard InChI is InChI=1S/C12H9N5O/c18-12(17-8-4-2-1-3-5-8)10-9-11(15-6-13-9)16-7-14-10/h1-7H,(H,17,18)(H,13,14,15,16). The molecule has 0 saturated carbocycles. The van der Waals surface area contributed by atoms with E-state index in [1.165, 1.54) is 12.7 Å². The predicted molar refractivity (Wildman–Crippen MR) is 66.1 cm³/mol. The van der Waals surface area contributed by atoms with Crippen molar-refractivity contribution in [2.45, 2.75) is 0 Å². The molecule has 6 heteroatoms. The Morgan fingerprint density at radius 1 is 1.11 bits per heavy atom. The SMILES string of the molecule is O=C(Nc1ccccc1)c1ncnc2nc[nH]c12. The summed E-state index contributed by atoms with van der Waals surface area (Å²) in [6.07, 6.45) is 2.81.